The zero-order valence-electron chi connectivity index (χ0n) is 13.5. The molecule has 0 aliphatic carbocycles. The van der Waals surface area contributed by atoms with E-state index in [9.17, 15) is 5.11 Å². The van der Waals surface area contributed by atoms with E-state index in [2.05, 4.69) is 31.3 Å². The predicted molar refractivity (Wildman–Crippen MR) is 85.5 cm³/mol. The molecular formula is C17H29NO3. The second-order valence-corrected chi connectivity index (χ2v) is 5.66. The van der Waals surface area contributed by atoms with Crippen molar-refractivity contribution >= 4 is 0 Å². The van der Waals surface area contributed by atoms with E-state index in [1.165, 1.54) is 5.56 Å². The molecule has 4 nitrogen and oxygen atoms in total. The summed E-state index contributed by atoms with van der Waals surface area (Å²) in [7, 11) is 1.66. The summed E-state index contributed by atoms with van der Waals surface area (Å²) in [4.78, 5) is 0. The maximum absolute atomic E-state index is 10.1. The quantitative estimate of drug-likeness (QED) is 0.614. The Balaban J connectivity index is 2.21. The number of benzene rings is 1. The van der Waals surface area contributed by atoms with E-state index in [-0.39, 0.29) is 0 Å². The molecule has 0 spiro atoms. The van der Waals surface area contributed by atoms with Crippen LogP contribution in [0.15, 0.2) is 24.3 Å². The third-order valence-corrected chi connectivity index (χ3v) is 3.20. The van der Waals surface area contributed by atoms with Gasteiger partial charge in [0.1, 0.15) is 0 Å². The van der Waals surface area contributed by atoms with Gasteiger partial charge in [-0.1, -0.05) is 38.1 Å². The number of hydrogen-bond donors (Lipinski definition) is 2. The number of rotatable bonds is 11. The van der Waals surface area contributed by atoms with Gasteiger partial charge in [-0.15, -0.1) is 0 Å². The molecule has 21 heavy (non-hydrogen) atoms. The van der Waals surface area contributed by atoms with E-state index in [4.69, 9.17) is 9.47 Å². The Hall–Kier alpha value is -0.940. The minimum Gasteiger partial charge on any atom is -0.387 e. The van der Waals surface area contributed by atoms with Crippen molar-refractivity contribution in [2.75, 3.05) is 40.0 Å². The van der Waals surface area contributed by atoms with Crippen LogP contribution in [0.2, 0.25) is 0 Å². The molecule has 2 N–H and O–H groups in total. The molecule has 0 saturated heterocycles. The van der Waals surface area contributed by atoms with E-state index in [1.54, 1.807) is 7.11 Å². The van der Waals surface area contributed by atoms with Crippen molar-refractivity contribution in [3.8, 4) is 0 Å². The zero-order chi connectivity index (χ0) is 15.5. The normalized spacial score (nSPS) is 12.8. The Kier molecular flexibility index (Phi) is 9.26. The molecule has 0 aliphatic heterocycles. The first-order valence-electron chi connectivity index (χ1n) is 7.67. The topological polar surface area (TPSA) is 50.7 Å². The summed E-state index contributed by atoms with van der Waals surface area (Å²) in [6.45, 7) is 7.54. The third kappa shape index (κ3) is 8.17. The predicted octanol–water partition coefficient (Wildman–Crippen LogP) is 2.17. The third-order valence-electron chi connectivity index (χ3n) is 3.20. The Labute approximate surface area is 128 Å². The van der Waals surface area contributed by atoms with Crippen LogP contribution in [-0.4, -0.2) is 45.1 Å². The molecule has 1 aromatic rings. The minimum absolute atomic E-state index is 0.475. The van der Waals surface area contributed by atoms with Crippen molar-refractivity contribution in [2.24, 2.45) is 5.92 Å². The van der Waals surface area contributed by atoms with E-state index in [1.807, 2.05) is 12.1 Å². The van der Waals surface area contributed by atoms with Crippen LogP contribution in [0.3, 0.4) is 0 Å². The maximum Gasteiger partial charge on any atom is 0.0914 e. The standard InChI is InChI=1S/C17H29NO3/c1-14(2)12-15-4-6-16(7-5-15)17(19)13-18-8-9-21-11-10-20-3/h4-7,14,17-19H,8-13H2,1-3H3. The SMILES string of the molecule is COCCOCCNCC(O)c1ccc(CC(C)C)cc1. The van der Waals surface area contributed by atoms with E-state index in [0.717, 1.165) is 18.5 Å². The molecule has 1 atom stereocenters. The van der Waals surface area contributed by atoms with E-state index in [0.29, 0.717) is 32.3 Å². The molecule has 0 aliphatic rings. The maximum atomic E-state index is 10.1. The van der Waals surface area contributed by atoms with Crippen LogP contribution in [0.5, 0.6) is 0 Å². The van der Waals surface area contributed by atoms with Gasteiger partial charge in [-0.25, -0.2) is 0 Å². The van der Waals surface area contributed by atoms with Crippen LogP contribution >= 0.6 is 0 Å². The Morgan fingerprint density at radius 3 is 2.43 bits per heavy atom. The van der Waals surface area contributed by atoms with E-state index < -0.39 is 6.10 Å². The minimum atomic E-state index is -0.475. The molecule has 0 aromatic heterocycles. The van der Waals surface area contributed by atoms with Crippen LogP contribution in [0.4, 0.5) is 0 Å². The van der Waals surface area contributed by atoms with Crippen molar-refractivity contribution in [1.82, 2.24) is 5.32 Å². The highest BCUT2D eigenvalue weighted by Gasteiger charge is 2.07. The van der Waals surface area contributed by atoms with Crippen LogP contribution in [-0.2, 0) is 15.9 Å². The molecular weight excluding hydrogens is 266 g/mol. The van der Waals surface area contributed by atoms with E-state index >= 15 is 0 Å². The van der Waals surface area contributed by atoms with Gasteiger partial charge >= 0.3 is 0 Å². The lowest BCUT2D eigenvalue weighted by molar-refractivity contribution is 0.0703. The molecule has 0 saturated carbocycles. The summed E-state index contributed by atoms with van der Waals surface area (Å²) >= 11 is 0. The van der Waals surface area contributed by atoms with Gasteiger partial charge in [0.15, 0.2) is 0 Å². The lowest BCUT2D eigenvalue weighted by Crippen LogP contribution is -2.25. The van der Waals surface area contributed by atoms with Crippen molar-refractivity contribution < 1.29 is 14.6 Å². The molecule has 0 bridgehead atoms. The number of aliphatic hydroxyl groups excluding tert-OH is 1. The molecule has 1 rings (SSSR count). The summed E-state index contributed by atoms with van der Waals surface area (Å²) in [5.41, 5.74) is 2.27. The number of ether oxygens (including phenoxy) is 2. The molecule has 0 radical (unpaired) electrons. The van der Waals surface area contributed by atoms with Crippen LogP contribution in [0, 0.1) is 5.92 Å². The van der Waals surface area contributed by atoms with Crippen molar-refractivity contribution in [3.05, 3.63) is 35.4 Å². The van der Waals surface area contributed by atoms with Gasteiger partial charge in [0, 0.05) is 20.2 Å². The summed E-state index contributed by atoms with van der Waals surface area (Å²) in [6, 6.07) is 8.23. The fraction of sp³-hybridized carbons (Fsp3) is 0.647. The molecule has 1 aromatic carbocycles. The lowest BCUT2D eigenvalue weighted by Gasteiger charge is -2.13. The smallest absolute Gasteiger partial charge is 0.0914 e. The van der Waals surface area contributed by atoms with Gasteiger partial charge in [-0.3, -0.25) is 0 Å². The fourth-order valence-corrected chi connectivity index (χ4v) is 2.09. The average molecular weight is 295 g/mol. The van der Waals surface area contributed by atoms with Crippen LogP contribution in [0.25, 0.3) is 0 Å². The monoisotopic (exact) mass is 295 g/mol. The summed E-state index contributed by atoms with van der Waals surface area (Å²) < 4.78 is 10.2. The number of methoxy groups -OCH3 is 1. The highest BCUT2D eigenvalue weighted by molar-refractivity contribution is 5.24. The van der Waals surface area contributed by atoms with Gasteiger partial charge in [0.25, 0.3) is 0 Å². The first kappa shape index (κ1) is 18.1. The van der Waals surface area contributed by atoms with Crippen LogP contribution in [0.1, 0.15) is 31.1 Å². The first-order valence-corrected chi connectivity index (χ1v) is 7.67. The molecule has 0 amide bonds. The Morgan fingerprint density at radius 2 is 1.81 bits per heavy atom. The first-order chi connectivity index (χ1) is 10.1. The molecule has 0 heterocycles. The van der Waals surface area contributed by atoms with Gasteiger partial charge in [-0.2, -0.15) is 0 Å². The lowest BCUT2D eigenvalue weighted by atomic mass is 10.0. The Bertz CT molecular complexity index is 365. The van der Waals surface area contributed by atoms with Gasteiger partial charge in [-0.05, 0) is 23.5 Å². The van der Waals surface area contributed by atoms with Crippen molar-refractivity contribution in [1.29, 1.82) is 0 Å². The largest absolute Gasteiger partial charge is 0.387 e. The van der Waals surface area contributed by atoms with Crippen molar-refractivity contribution in [2.45, 2.75) is 26.4 Å². The highest BCUT2D eigenvalue weighted by atomic mass is 16.5. The second kappa shape index (κ2) is 10.7. The molecule has 4 heteroatoms. The Morgan fingerprint density at radius 1 is 1.10 bits per heavy atom. The summed E-state index contributed by atoms with van der Waals surface area (Å²) in [5.74, 6) is 0.653. The second-order valence-electron chi connectivity index (χ2n) is 5.66. The molecule has 0 fully saturated rings. The summed E-state index contributed by atoms with van der Waals surface area (Å²) in [6.07, 6.45) is 0.602. The van der Waals surface area contributed by atoms with Gasteiger partial charge in [0.05, 0.1) is 25.9 Å². The highest BCUT2D eigenvalue weighted by Crippen LogP contribution is 2.15. The van der Waals surface area contributed by atoms with Gasteiger partial charge < -0.3 is 19.9 Å². The van der Waals surface area contributed by atoms with Crippen molar-refractivity contribution in [3.63, 3.8) is 0 Å². The van der Waals surface area contributed by atoms with Gasteiger partial charge in [0.2, 0.25) is 0 Å². The average Bonchev–Trinajstić information content (AvgIpc) is 2.46. The number of aliphatic hydroxyl groups is 1. The number of hydrogen-bond acceptors (Lipinski definition) is 4. The zero-order valence-corrected chi connectivity index (χ0v) is 13.5. The fourth-order valence-electron chi connectivity index (χ4n) is 2.09. The molecule has 1 unspecified atom stereocenters. The number of nitrogens with one attached hydrogen (secondary N) is 1. The summed E-state index contributed by atoms with van der Waals surface area (Å²) in [5, 5.41) is 13.3. The van der Waals surface area contributed by atoms with Crippen LogP contribution < -0.4 is 5.32 Å². The molecule has 120 valence electrons.